The van der Waals surface area contributed by atoms with Crippen molar-refractivity contribution >= 4 is 29.3 Å². The number of halogens is 1. The van der Waals surface area contributed by atoms with Crippen molar-refractivity contribution in [1.29, 1.82) is 0 Å². The van der Waals surface area contributed by atoms with Crippen LogP contribution in [-0.2, 0) is 16.9 Å². The highest BCUT2D eigenvalue weighted by atomic mass is 35.5. The maximum atomic E-state index is 13.7. The number of Topliss-reactive ketones (excluding diaryl/α,β-unsaturated/α-hetero) is 1. The van der Waals surface area contributed by atoms with Crippen LogP contribution in [0.5, 0.6) is 0 Å². The van der Waals surface area contributed by atoms with Crippen molar-refractivity contribution in [3.8, 4) is 0 Å². The van der Waals surface area contributed by atoms with Gasteiger partial charge in [-0.2, -0.15) is 0 Å². The summed E-state index contributed by atoms with van der Waals surface area (Å²) in [5, 5.41) is 0.447. The van der Waals surface area contributed by atoms with Crippen LogP contribution in [-0.4, -0.2) is 22.5 Å². The van der Waals surface area contributed by atoms with Crippen LogP contribution in [0.3, 0.4) is 0 Å². The quantitative estimate of drug-likeness (QED) is 0.595. The molecule has 0 saturated heterocycles. The van der Waals surface area contributed by atoms with Crippen LogP contribution in [0.15, 0.2) is 53.5 Å². The van der Waals surface area contributed by atoms with Gasteiger partial charge in [0.25, 0.3) is 5.91 Å². The van der Waals surface area contributed by atoms with E-state index in [9.17, 15) is 9.59 Å². The molecule has 1 fully saturated rings. The van der Waals surface area contributed by atoms with E-state index >= 15 is 0 Å². The Morgan fingerprint density at radius 1 is 1.23 bits per heavy atom. The number of guanidine groups is 1. The lowest BCUT2D eigenvalue weighted by molar-refractivity contribution is -0.132. The van der Waals surface area contributed by atoms with E-state index in [1.165, 1.54) is 4.90 Å². The van der Waals surface area contributed by atoms with E-state index in [1.807, 2.05) is 36.4 Å². The summed E-state index contributed by atoms with van der Waals surface area (Å²) in [6.45, 7) is 4.40. The van der Waals surface area contributed by atoms with Crippen LogP contribution in [0.4, 0.5) is 0 Å². The van der Waals surface area contributed by atoms with E-state index in [-0.39, 0.29) is 30.1 Å². The van der Waals surface area contributed by atoms with Crippen molar-refractivity contribution in [2.24, 2.45) is 22.6 Å². The standard InChI is InChI=1S/C25H28ClN3O2/c1-16(2)14-25(19-6-4-3-5-7-19)23(31)29(24(27)28-25)15-18-10-11-21(26)20(12-18)22(30)13-17-8-9-17/h3-7,10-12,16-17H,8-9,13-15H2,1-2H3,(H2,27,28). The highest BCUT2D eigenvalue weighted by molar-refractivity contribution is 6.34. The average Bonchev–Trinajstić information content (AvgIpc) is 3.52. The van der Waals surface area contributed by atoms with Crippen LogP contribution in [0, 0.1) is 11.8 Å². The SMILES string of the molecule is CC(C)CC1(c2ccccc2)N=C(N)N(Cc2ccc(Cl)c(C(=O)CC3CC3)c2)C1=O. The van der Waals surface area contributed by atoms with Crippen LogP contribution in [0.25, 0.3) is 0 Å². The Bertz CT molecular complexity index is 1030. The molecule has 0 spiro atoms. The van der Waals surface area contributed by atoms with E-state index in [0.29, 0.717) is 29.3 Å². The maximum Gasteiger partial charge on any atom is 0.262 e. The molecule has 1 saturated carbocycles. The lowest BCUT2D eigenvalue weighted by atomic mass is 9.82. The number of amides is 1. The number of hydrogen-bond donors (Lipinski definition) is 1. The molecule has 2 N–H and O–H groups in total. The van der Waals surface area contributed by atoms with Crippen molar-refractivity contribution in [3.63, 3.8) is 0 Å². The predicted octanol–water partition coefficient (Wildman–Crippen LogP) is 4.92. The zero-order valence-corrected chi connectivity index (χ0v) is 18.7. The zero-order valence-electron chi connectivity index (χ0n) is 18.0. The van der Waals surface area contributed by atoms with Crippen molar-refractivity contribution < 1.29 is 9.59 Å². The minimum absolute atomic E-state index is 0.0576. The van der Waals surface area contributed by atoms with Gasteiger partial charge in [0.2, 0.25) is 0 Å². The van der Waals surface area contributed by atoms with Gasteiger partial charge in [-0.3, -0.25) is 14.5 Å². The number of rotatable bonds is 8. The molecule has 1 amide bonds. The normalized spacial score (nSPS) is 21.0. The molecule has 5 nitrogen and oxygen atoms in total. The largest absolute Gasteiger partial charge is 0.369 e. The summed E-state index contributed by atoms with van der Waals surface area (Å²) >= 11 is 6.30. The molecule has 4 rings (SSSR count). The van der Waals surface area contributed by atoms with E-state index in [0.717, 1.165) is 24.0 Å². The zero-order chi connectivity index (χ0) is 22.2. The molecule has 2 aromatic carbocycles. The van der Waals surface area contributed by atoms with Gasteiger partial charge in [0.1, 0.15) is 0 Å². The molecule has 1 aliphatic heterocycles. The number of hydrogen-bond acceptors (Lipinski definition) is 4. The van der Waals surface area contributed by atoms with Crippen LogP contribution in [0.2, 0.25) is 5.02 Å². The molecule has 2 aliphatic rings. The number of ketones is 1. The number of aliphatic imine (C=N–C) groups is 1. The first-order valence-corrected chi connectivity index (χ1v) is 11.2. The molecule has 1 aliphatic carbocycles. The molecule has 0 radical (unpaired) electrons. The molecular weight excluding hydrogens is 410 g/mol. The third-order valence-electron chi connectivity index (χ3n) is 5.98. The summed E-state index contributed by atoms with van der Waals surface area (Å²) in [5.74, 6) is 0.865. The van der Waals surface area contributed by atoms with Crippen molar-refractivity contribution in [3.05, 3.63) is 70.2 Å². The molecule has 0 bridgehead atoms. The van der Waals surface area contributed by atoms with E-state index in [4.69, 9.17) is 17.3 Å². The van der Waals surface area contributed by atoms with E-state index in [2.05, 4.69) is 18.8 Å². The van der Waals surface area contributed by atoms with Gasteiger partial charge < -0.3 is 5.73 Å². The van der Waals surface area contributed by atoms with Crippen molar-refractivity contribution in [1.82, 2.24) is 4.90 Å². The Labute approximate surface area is 188 Å². The summed E-state index contributed by atoms with van der Waals surface area (Å²) in [6, 6.07) is 15.0. The van der Waals surface area contributed by atoms with Gasteiger partial charge >= 0.3 is 0 Å². The lowest BCUT2D eigenvalue weighted by Crippen LogP contribution is -2.43. The average molecular weight is 438 g/mol. The minimum atomic E-state index is -1.02. The predicted molar refractivity (Wildman–Crippen MR) is 123 cm³/mol. The molecule has 6 heteroatoms. The molecule has 1 atom stereocenters. The van der Waals surface area contributed by atoms with E-state index < -0.39 is 5.54 Å². The van der Waals surface area contributed by atoms with Gasteiger partial charge in [0.15, 0.2) is 17.3 Å². The lowest BCUT2D eigenvalue weighted by Gasteiger charge is -2.28. The fourth-order valence-corrected chi connectivity index (χ4v) is 4.51. The molecule has 1 unspecified atom stereocenters. The Kier molecular flexibility index (Phi) is 5.89. The van der Waals surface area contributed by atoms with E-state index in [1.54, 1.807) is 12.1 Å². The second-order valence-electron chi connectivity index (χ2n) is 9.07. The smallest absolute Gasteiger partial charge is 0.262 e. The van der Waals surface area contributed by atoms with Crippen LogP contribution < -0.4 is 5.73 Å². The second-order valence-corrected chi connectivity index (χ2v) is 9.48. The first-order chi connectivity index (χ1) is 14.8. The van der Waals surface area contributed by atoms with Gasteiger partial charge in [0.05, 0.1) is 11.6 Å². The molecule has 2 aromatic rings. The summed E-state index contributed by atoms with van der Waals surface area (Å²) in [5.41, 5.74) is 7.42. The van der Waals surface area contributed by atoms with Crippen molar-refractivity contribution in [2.75, 3.05) is 0 Å². The monoisotopic (exact) mass is 437 g/mol. The molecule has 0 aromatic heterocycles. The highest BCUT2D eigenvalue weighted by Gasteiger charge is 2.49. The maximum absolute atomic E-state index is 13.7. The Hall–Kier alpha value is -2.66. The Morgan fingerprint density at radius 3 is 2.58 bits per heavy atom. The molecule has 31 heavy (non-hydrogen) atoms. The van der Waals surface area contributed by atoms with Gasteiger partial charge in [-0.1, -0.05) is 61.8 Å². The fourth-order valence-electron chi connectivity index (χ4n) is 4.29. The summed E-state index contributed by atoms with van der Waals surface area (Å²) in [4.78, 5) is 32.5. The first-order valence-electron chi connectivity index (χ1n) is 10.8. The summed E-state index contributed by atoms with van der Waals surface area (Å²) < 4.78 is 0. The van der Waals surface area contributed by atoms with Gasteiger partial charge in [-0.15, -0.1) is 0 Å². The van der Waals surface area contributed by atoms with Crippen molar-refractivity contribution in [2.45, 2.75) is 51.6 Å². The summed E-state index contributed by atoms with van der Waals surface area (Å²) in [7, 11) is 0. The number of nitrogens with two attached hydrogens (primary N) is 1. The van der Waals surface area contributed by atoms with Gasteiger partial charge in [-0.25, -0.2) is 4.99 Å². The Morgan fingerprint density at radius 2 is 1.94 bits per heavy atom. The van der Waals surface area contributed by atoms with Gasteiger partial charge in [-0.05, 0) is 54.4 Å². The van der Waals surface area contributed by atoms with Crippen LogP contribution in [0.1, 0.15) is 61.0 Å². The molecular formula is C25H28ClN3O2. The highest BCUT2D eigenvalue weighted by Crippen LogP contribution is 2.39. The van der Waals surface area contributed by atoms with Gasteiger partial charge in [0, 0.05) is 12.0 Å². The second kappa shape index (κ2) is 8.46. The minimum Gasteiger partial charge on any atom is -0.369 e. The third-order valence-corrected chi connectivity index (χ3v) is 6.31. The Balaban J connectivity index is 1.62. The number of carbonyl (C=O) groups excluding carboxylic acids is 2. The first kappa shape index (κ1) is 21.6. The topological polar surface area (TPSA) is 75.8 Å². The number of nitrogens with zero attached hydrogens (tertiary/aromatic N) is 2. The fraction of sp³-hybridized carbons (Fsp3) is 0.400. The number of benzene rings is 2. The molecule has 1 heterocycles. The molecule has 162 valence electrons. The van der Waals surface area contributed by atoms with Crippen LogP contribution >= 0.6 is 11.6 Å². The summed E-state index contributed by atoms with van der Waals surface area (Å²) in [6.07, 6.45) is 3.31. The number of carbonyl (C=O) groups is 2. The third kappa shape index (κ3) is 4.38.